The summed E-state index contributed by atoms with van der Waals surface area (Å²) in [5.41, 5.74) is 4.94. The Labute approximate surface area is 104 Å². The number of nitro benzene ring substituents is 1. The Morgan fingerprint density at radius 2 is 2.17 bits per heavy atom. The van der Waals surface area contributed by atoms with E-state index in [4.69, 9.17) is 10.5 Å². The number of benzene rings is 1. The normalized spacial score (nSPS) is 11.2. The maximum atomic E-state index is 13.6. The van der Waals surface area contributed by atoms with E-state index in [0.29, 0.717) is 6.54 Å². The van der Waals surface area contributed by atoms with Crippen LogP contribution in [-0.4, -0.2) is 24.1 Å². The molecule has 0 aliphatic carbocycles. The molecule has 100 valence electrons. The van der Waals surface area contributed by atoms with Crippen molar-refractivity contribution in [1.82, 2.24) is 0 Å². The molecule has 6 nitrogen and oxygen atoms in total. The summed E-state index contributed by atoms with van der Waals surface area (Å²) >= 11 is 0. The summed E-state index contributed by atoms with van der Waals surface area (Å²) in [6.07, 6.45) is 0. The molecular weight excluding hydrogens is 241 g/mol. The number of nitrogens with zero attached hydrogens (tertiary/aromatic N) is 1. The molecule has 0 radical (unpaired) electrons. The lowest BCUT2D eigenvalue weighted by molar-refractivity contribution is -0.385. The number of rotatable bonds is 5. The van der Waals surface area contributed by atoms with E-state index in [2.05, 4.69) is 5.32 Å². The van der Waals surface area contributed by atoms with Gasteiger partial charge in [0.1, 0.15) is 0 Å². The second-order valence-electron chi connectivity index (χ2n) is 4.60. The number of nitro groups is 1. The first-order chi connectivity index (χ1) is 8.24. The number of halogens is 1. The van der Waals surface area contributed by atoms with Crippen LogP contribution in [0.25, 0.3) is 0 Å². The Morgan fingerprint density at radius 3 is 2.61 bits per heavy atom. The fraction of sp³-hybridized carbons (Fsp3) is 0.455. The van der Waals surface area contributed by atoms with E-state index in [9.17, 15) is 14.5 Å². The first kappa shape index (κ1) is 14.2. The van der Waals surface area contributed by atoms with Crippen molar-refractivity contribution >= 4 is 11.4 Å². The van der Waals surface area contributed by atoms with Crippen LogP contribution in [0.2, 0.25) is 0 Å². The Balaban J connectivity index is 3.04. The van der Waals surface area contributed by atoms with Gasteiger partial charge in [-0.3, -0.25) is 10.1 Å². The van der Waals surface area contributed by atoms with Crippen LogP contribution in [0, 0.1) is 15.9 Å². The van der Waals surface area contributed by atoms with E-state index in [1.165, 1.54) is 13.2 Å². The Bertz CT molecular complexity index is 458. The molecule has 0 amide bonds. The topological polar surface area (TPSA) is 90.4 Å². The Morgan fingerprint density at radius 1 is 1.56 bits per heavy atom. The van der Waals surface area contributed by atoms with Crippen LogP contribution in [0.3, 0.4) is 0 Å². The zero-order valence-electron chi connectivity index (χ0n) is 10.5. The fourth-order valence-electron chi connectivity index (χ4n) is 1.31. The monoisotopic (exact) mass is 257 g/mol. The van der Waals surface area contributed by atoms with Gasteiger partial charge in [0, 0.05) is 18.2 Å². The fourth-order valence-corrected chi connectivity index (χ4v) is 1.31. The lowest BCUT2D eigenvalue weighted by Gasteiger charge is -2.20. The molecule has 0 aliphatic rings. The molecule has 18 heavy (non-hydrogen) atoms. The van der Waals surface area contributed by atoms with Crippen molar-refractivity contribution in [1.29, 1.82) is 0 Å². The second-order valence-corrected chi connectivity index (χ2v) is 4.60. The first-order valence-electron chi connectivity index (χ1n) is 5.29. The highest BCUT2D eigenvalue weighted by atomic mass is 19.1. The molecule has 1 aromatic rings. The average Bonchev–Trinajstić information content (AvgIpc) is 2.25. The molecule has 0 spiro atoms. The molecule has 0 aromatic heterocycles. The highest BCUT2D eigenvalue weighted by Gasteiger charge is 2.20. The number of hydrogen-bond donors (Lipinski definition) is 2. The summed E-state index contributed by atoms with van der Waals surface area (Å²) in [7, 11) is 1.29. The molecule has 1 rings (SSSR count). The zero-order valence-corrected chi connectivity index (χ0v) is 10.5. The van der Waals surface area contributed by atoms with Gasteiger partial charge in [0.2, 0.25) is 0 Å². The highest BCUT2D eigenvalue weighted by Crippen LogP contribution is 2.32. The van der Waals surface area contributed by atoms with Gasteiger partial charge >= 0.3 is 5.69 Å². The first-order valence-corrected chi connectivity index (χ1v) is 5.29. The summed E-state index contributed by atoms with van der Waals surface area (Å²) in [5.74, 6) is -0.717. The molecular formula is C11H16FN3O3. The quantitative estimate of drug-likeness (QED) is 0.621. The maximum Gasteiger partial charge on any atom is 0.313 e. The largest absolute Gasteiger partial charge is 0.490 e. The van der Waals surface area contributed by atoms with Crippen molar-refractivity contribution in [2.75, 3.05) is 19.0 Å². The smallest absolute Gasteiger partial charge is 0.313 e. The highest BCUT2D eigenvalue weighted by molar-refractivity contribution is 5.59. The predicted molar refractivity (Wildman–Crippen MR) is 66.4 cm³/mol. The van der Waals surface area contributed by atoms with Crippen LogP contribution < -0.4 is 15.8 Å². The minimum atomic E-state index is -0.716. The van der Waals surface area contributed by atoms with Crippen molar-refractivity contribution in [3.05, 3.63) is 28.1 Å². The van der Waals surface area contributed by atoms with Crippen LogP contribution >= 0.6 is 0 Å². The Hall–Kier alpha value is -1.89. The number of nitrogens with one attached hydrogen (secondary N) is 1. The molecule has 1 aromatic carbocycles. The maximum absolute atomic E-state index is 13.6. The number of anilines is 1. The van der Waals surface area contributed by atoms with E-state index in [1.807, 2.05) is 0 Å². The van der Waals surface area contributed by atoms with Crippen molar-refractivity contribution in [3.63, 3.8) is 0 Å². The summed E-state index contributed by atoms with van der Waals surface area (Å²) in [4.78, 5) is 9.98. The third-order valence-electron chi connectivity index (χ3n) is 2.20. The van der Waals surface area contributed by atoms with E-state index in [1.54, 1.807) is 13.8 Å². The number of nitrogens with two attached hydrogens (primary N) is 1. The van der Waals surface area contributed by atoms with Gasteiger partial charge in [-0.25, -0.2) is 4.39 Å². The summed E-state index contributed by atoms with van der Waals surface area (Å²) in [6, 6.07) is 2.07. The van der Waals surface area contributed by atoms with Crippen molar-refractivity contribution in [2.24, 2.45) is 5.73 Å². The third-order valence-corrected chi connectivity index (χ3v) is 2.20. The van der Waals surface area contributed by atoms with E-state index < -0.39 is 22.0 Å². The summed E-state index contributed by atoms with van der Waals surface area (Å²) in [5, 5.41) is 13.5. The second kappa shape index (κ2) is 5.18. The minimum Gasteiger partial charge on any atom is -0.490 e. The van der Waals surface area contributed by atoms with Crippen LogP contribution in [0.5, 0.6) is 5.75 Å². The molecule has 0 fully saturated rings. The Kier molecular flexibility index (Phi) is 4.07. The molecule has 3 N–H and O–H groups in total. The van der Waals surface area contributed by atoms with Gasteiger partial charge in [-0.1, -0.05) is 0 Å². The summed E-state index contributed by atoms with van der Waals surface area (Å²) in [6.45, 7) is 3.88. The van der Waals surface area contributed by atoms with Gasteiger partial charge in [0.05, 0.1) is 23.8 Å². The van der Waals surface area contributed by atoms with Gasteiger partial charge in [0.25, 0.3) is 0 Å². The van der Waals surface area contributed by atoms with Gasteiger partial charge in [-0.05, 0) is 13.8 Å². The van der Waals surface area contributed by atoms with E-state index in [0.717, 1.165) is 6.07 Å². The van der Waals surface area contributed by atoms with Crippen LogP contribution in [0.1, 0.15) is 13.8 Å². The van der Waals surface area contributed by atoms with Crippen molar-refractivity contribution in [2.45, 2.75) is 19.4 Å². The molecule has 7 heteroatoms. The number of hydrogen-bond acceptors (Lipinski definition) is 5. The molecule has 0 bridgehead atoms. The zero-order chi connectivity index (χ0) is 13.9. The van der Waals surface area contributed by atoms with Crippen molar-refractivity contribution in [3.8, 4) is 5.75 Å². The van der Waals surface area contributed by atoms with E-state index in [-0.39, 0.29) is 11.4 Å². The lowest BCUT2D eigenvalue weighted by atomic mass is 10.1. The molecule has 0 heterocycles. The lowest BCUT2D eigenvalue weighted by Crippen LogP contribution is -2.39. The van der Waals surface area contributed by atoms with Crippen LogP contribution in [0.4, 0.5) is 15.8 Å². The van der Waals surface area contributed by atoms with Crippen LogP contribution in [-0.2, 0) is 0 Å². The average molecular weight is 257 g/mol. The predicted octanol–water partition coefficient (Wildman–Crippen LogP) is 1.89. The van der Waals surface area contributed by atoms with Crippen LogP contribution in [0.15, 0.2) is 12.1 Å². The van der Waals surface area contributed by atoms with E-state index >= 15 is 0 Å². The minimum absolute atomic E-state index is 0.00118. The molecule has 0 saturated carbocycles. The molecule has 0 saturated heterocycles. The standard InChI is InChI=1S/C11H16FN3O3/c1-11(2,13)6-14-8-5-10(18-3)9(15(16)17)4-7(8)12/h4-5,14H,6,13H2,1-3H3. The SMILES string of the molecule is COc1cc(NCC(C)(C)N)c(F)cc1[N+](=O)[O-]. The molecule has 0 atom stereocenters. The number of methoxy groups -OCH3 is 1. The molecule has 0 unspecified atom stereocenters. The summed E-state index contributed by atoms with van der Waals surface area (Å²) < 4.78 is 18.5. The third kappa shape index (κ3) is 3.56. The van der Waals surface area contributed by atoms with Gasteiger partial charge < -0.3 is 15.8 Å². The van der Waals surface area contributed by atoms with Crippen molar-refractivity contribution < 1.29 is 14.1 Å². The molecule has 0 aliphatic heterocycles. The van der Waals surface area contributed by atoms with Gasteiger partial charge in [-0.2, -0.15) is 0 Å². The van der Waals surface area contributed by atoms with Gasteiger partial charge in [0.15, 0.2) is 11.6 Å². The number of ether oxygens (including phenoxy) is 1. The van der Waals surface area contributed by atoms with Gasteiger partial charge in [-0.15, -0.1) is 0 Å².